The van der Waals surface area contributed by atoms with Crippen molar-refractivity contribution in [3.63, 3.8) is 0 Å². The highest BCUT2D eigenvalue weighted by molar-refractivity contribution is 14.1. The molecule has 0 saturated carbocycles. The number of carbonyl (C=O) groups excluding carboxylic acids is 1. The molecular weight excluding hydrogens is 439 g/mol. The van der Waals surface area contributed by atoms with Crippen LogP contribution in [0, 0.1) is 20.6 Å². The van der Waals surface area contributed by atoms with Crippen LogP contribution >= 0.6 is 22.6 Å². The topological polar surface area (TPSA) is 90.7 Å². The third kappa shape index (κ3) is 4.38. The maximum absolute atomic E-state index is 12.6. The number of carbonyl (C=O) groups is 1. The van der Waals surface area contributed by atoms with Crippen molar-refractivity contribution >= 4 is 39.9 Å². The van der Waals surface area contributed by atoms with Crippen molar-refractivity contribution in [1.82, 2.24) is 0 Å². The van der Waals surface area contributed by atoms with Crippen molar-refractivity contribution < 1.29 is 19.2 Å². The molecule has 2 rings (SSSR count). The minimum absolute atomic E-state index is 0.0906. The molecule has 0 aliphatic carbocycles. The number of ether oxygens (including phenoxy) is 2. The molecule has 1 amide bonds. The molecule has 2 aromatic carbocycles. The van der Waals surface area contributed by atoms with Gasteiger partial charge in [0.1, 0.15) is 5.56 Å². The summed E-state index contributed by atoms with van der Waals surface area (Å²) in [7, 11) is 1.39. The fraction of sp³-hybridized carbons (Fsp3) is 0.235. The molecule has 1 N–H and O–H groups in total. The smallest absolute Gasteiger partial charge is 0.286 e. The molecule has 0 radical (unpaired) electrons. The normalized spacial score (nSPS) is 10.2. The predicted molar refractivity (Wildman–Crippen MR) is 103 cm³/mol. The van der Waals surface area contributed by atoms with Crippen molar-refractivity contribution in [3.8, 4) is 11.5 Å². The van der Waals surface area contributed by atoms with Gasteiger partial charge in [-0.15, -0.1) is 0 Å². The number of benzene rings is 2. The molecule has 0 aromatic heterocycles. The molecule has 7 nitrogen and oxygen atoms in total. The van der Waals surface area contributed by atoms with E-state index < -0.39 is 10.8 Å². The fourth-order valence-electron chi connectivity index (χ4n) is 2.27. The summed E-state index contributed by atoms with van der Waals surface area (Å²) >= 11 is 2.17. The highest BCUT2D eigenvalue weighted by atomic mass is 127. The van der Waals surface area contributed by atoms with Gasteiger partial charge in [0.25, 0.3) is 11.6 Å². The lowest BCUT2D eigenvalue weighted by Gasteiger charge is -2.13. The largest absolute Gasteiger partial charge is 0.493 e. The van der Waals surface area contributed by atoms with Crippen LogP contribution in [-0.2, 0) is 0 Å². The van der Waals surface area contributed by atoms with Gasteiger partial charge in [-0.1, -0.05) is 0 Å². The van der Waals surface area contributed by atoms with E-state index in [1.165, 1.54) is 19.2 Å². The molecule has 8 heteroatoms. The second kappa shape index (κ2) is 8.15. The maximum Gasteiger partial charge on any atom is 0.286 e. The van der Waals surface area contributed by atoms with Gasteiger partial charge in [-0.2, -0.15) is 0 Å². The second-order valence-corrected chi connectivity index (χ2v) is 6.37. The average Bonchev–Trinajstić information content (AvgIpc) is 2.57. The van der Waals surface area contributed by atoms with E-state index in [0.29, 0.717) is 12.3 Å². The van der Waals surface area contributed by atoms with Gasteiger partial charge in [-0.05, 0) is 60.2 Å². The van der Waals surface area contributed by atoms with Crippen LogP contribution in [0.15, 0.2) is 30.3 Å². The average molecular weight is 456 g/mol. The van der Waals surface area contributed by atoms with Crippen LogP contribution < -0.4 is 14.8 Å². The molecular formula is C17H17IN2O5. The molecule has 25 heavy (non-hydrogen) atoms. The van der Waals surface area contributed by atoms with E-state index in [9.17, 15) is 14.9 Å². The number of nitro groups is 1. The van der Waals surface area contributed by atoms with Crippen molar-refractivity contribution in [2.24, 2.45) is 0 Å². The summed E-state index contributed by atoms with van der Waals surface area (Å²) in [5.41, 5.74) is 1.02. The maximum atomic E-state index is 12.6. The lowest BCUT2D eigenvalue weighted by molar-refractivity contribution is -0.385. The number of methoxy groups -OCH3 is 1. The zero-order valence-corrected chi connectivity index (χ0v) is 16.1. The van der Waals surface area contributed by atoms with E-state index in [-0.39, 0.29) is 22.7 Å². The van der Waals surface area contributed by atoms with Crippen LogP contribution in [0.2, 0.25) is 0 Å². The molecule has 0 atom stereocenters. The van der Waals surface area contributed by atoms with Gasteiger partial charge in [-0.3, -0.25) is 14.9 Å². The van der Waals surface area contributed by atoms with Gasteiger partial charge < -0.3 is 14.8 Å². The Morgan fingerprint density at radius 1 is 1.28 bits per heavy atom. The van der Waals surface area contributed by atoms with E-state index in [2.05, 4.69) is 27.9 Å². The Morgan fingerprint density at radius 3 is 2.56 bits per heavy atom. The fourth-order valence-corrected chi connectivity index (χ4v) is 2.91. The Labute approximate surface area is 158 Å². The number of nitrogens with one attached hydrogen (secondary N) is 1. The van der Waals surface area contributed by atoms with Crippen LogP contribution in [0.3, 0.4) is 0 Å². The highest BCUT2D eigenvalue weighted by Crippen LogP contribution is 2.35. The van der Waals surface area contributed by atoms with Crippen LogP contribution in [-0.4, -0.2) is 24.5 Å². The molecule has 132 valence electrons. The molecule has 0 bridgehead atoms. The van der Waals surface area contributed by atoms with Gasteiger partial charge >= 0.3 is 0 Å². The van der Waals surface area contributed by atoms with Gasteiger partial charge in [0, 0.05) is 15.3 Å². The van der Waals surface area contributed by atoms with E-state index >= 15 is 0 Å². The van der Waals surface area contributed by atoms with Crippen LogP contribution in [0.1, 0.15) is 22.8 Å². The first-order valence-electron chi connectivity index (χ1n) is 7.44. The van der Waals surface area contributed by atoms with E-state index in [4.69, 9.17) is 9.47 Å². The first-order chi connectivity index (χ1) is 11.9. The Bertz CT molecular complexity index is 823. The molecule has 0 spiro atoms. The van der Waals surface area contributed by atoms with Gasteiger partial charge in [0.15, 0.2) is 11.5 Å². The molecule has 0 aliphatic rings. The number of nitrogens with zero attached hydrogens (tertiary/aromatic N) is 1. The molecule has 0 saturated heterocycles. The van der Waals surface area contributed by atoms with Gasteiger partial charge in [0.2, 0.25) is 0 Å². The number of rotatable bonds is 6. The summed E-state index contributed by atoms with van der Waals surface area (Å²) in [6.07, 6.45) is 0. The molecule has 0 heterocycles. The number of hydrogen-bond donors (Lipinski definition) is 1. The summed E-state index contributed by atoms with van der Waals surface area (Å²) in [4.78, 5) is 23.4. The summed E-state index contributed by atoms with van der Waals surface area (Å²) in [6, 6.07) is 8.04. The quantitative estimate of drug-likeness (QED) is 0.401. The number of anilines is 1. The monoisotopic (exact) mass is 456 g/mol. The Morgan fingerprint density at radius 2 is 2.00 bits per heavy atom. The lowest BCUT2D eigenvalue weighted by atomic mass is 10.1. The Balaban J connectivity index is 2.46. The summed E-state index contributed by atoms with van der Waals surface area (Å²) in [6.45, 7) is 3.97. The zero-order valence-electron chi connectivity index (χ0n) is 14.0. The van der Waals surface area contributed by atoms with Gasteiger partial charge in [0.05, 0.1) is 24.7 Å². The first-order valence-corrected chi connectivity index (χ1v) is 8.52. The van der Waals surface area contributed by atoms with Gasteiger partial charge in [-0.25, -0.2) is 0 Å². The zero-order chi connectivity index (χ0) is 18.6. The second-order valence-electron chi connectivity index (χ2n) is 5.12. The van der Waals surface area contributed by atoms with E-state index in [0.717, 1.165) is 9.13 Å². The lowest BCUT2D eigenvalue weighted by Crippen LogP contribution is -2.15. The third-order valence-electron chi connectivity index (χ3n) is 3.46. The minimum atomic E-state index is -0.617. The highest BCUT2D eigenvalue weighted by Gasteiger charge is 2.25. The van der Waals surface area contributed by atoms with Crippen LogP contribution in [0.5, 0.6) is 11.5 Å². The standard InChI is InChI=1S/C17H17IN2O5/c1-4-25-16-8-12(14(20(22)23)9-15(16)24-3)17(21)19-13-6-5-11(18)7-10(13)2/h5-9H,4H2,1-3H3,(H,19,21). The third-order valence-corrected chi connectivity index (χ3v) is 4.13. The molecule has 0 aliphatic heterocycles. The number of hydrogen-bond acceptors (Lipinski definition) is 5. The summed E-state index contributed by atoms with van der Waals surface area (Å²) in [5.74, 6) is -0.102. The van der Waals surface area contributed by atoms with E-state index in [1.807, 2.05) is 19.1 Å². The number of amides is 1. The Hall–Kier alpha value is -2.36. The predicted octanol–water partition coefficient (Wildman–Crippen LogP) is 4.17. The van der Waals surface area contributed by atoms with Crippen LogP contribution in [0.4, 0.5) is 11.4 Å². The summed E-state index contributed by atoms with van der Waals surface area (Å²) in [5, 5.41) is 14.1. The number of aryl methyl sites for hydroxylation is 1. The van der Waals surface area contributed by atoms with Crippen molar-refractivity contribution in [3.05, 3.63) is 55.1 Å². The van der Waals surface area contributed by atoms with Crippen molar-refractivity contribution in [1.29, 1.82) is 0 Å². The number of halogens is 1. The first kappa shape index (κ1) is 19.0. The van der Waals surface area contributed by atoms with E-state index in [1.54, 1.807) is 13.0 Å². The SMILES string of the molecule is CCOc1cc(C(=O)Nc2ccc(I)cc2C)c([N+](=O)[O-])cc1OC. The minimum Gasteiger partial charge on any atom is -0.493 e. The van der Waals surface area contributed by atoms with Crippen molar-refractivity contribution in [2.75, 3.05) is 19.0 Å². The molecule has 0 unspecified atom stereocenters. The molecule has 0 fully saturated rings. The number of nitro benzene ring substituents is 1. The summed E-state index contributed by atoms with van der Waals surface area (Å²) < 4.78 is 11.6. The van der Waals surface area contributed by atoms with Crippen LogP contribution in [0.25, 0.3) is 0 Å². The molecule has 2 aromatic rings. The Kier molecular flexibility index (Phi) is 6.18. The van der Waals surface area contributed by atoms with Crippen molar-refractivity contribution in [2.45, 2.75) is 13.8 Å².